The van der Waals surface area contributed by atoms with Gasteiger partial charge in [-0.1, -0.05) is 26.1 Å². The third-order valence-electron chi connectivity index (χ3n) is 3.21. The second-order valence-electron chi connectivity index (χ2n) is 4.62. The molecule has 0 aromatic heterocycles. The van der Waals surface area contributed by atoms with Crippen molar-refractivity contribution in [2.45, 2.75) is 52.1 Å². The minimum atomic E-state index is 0.562. The van der Waals surface area contributed by atoms with Crippen molar-refractivity contribution < 1.29 is 0 Å². The lowest BCUT2D eigenvalue weighted by Crippen LogP contribution is -2.39. The Morgan fingerprint density at radius 3 is 2.57 bits per heavy atom. The molecule has 2 N–H and O–H groups in total. The molecule has 14 heavy (non-hydrogen) atoms. The van der Waals surface area contributed by atoms with Crippen molar-refractivity contribution in [3.8, 4) is 0 Å². The van der Waals surface area contributed by atoms with Gasteiger partial charge in [-0.05, 0) is 25.7 Å². The van der Waals surface area contributed by atoms with Gasteiger partial charge >= 0.3 is 0 Å². The van der Waals surface area contributed by atoms with E-state index < -0.39 is 0 Å². The molecule has 1 heterocycles. The number of nitrogens with zero attached hydrogens (tertiary/aromatic N) is 1. The predicted octanol–water partition coefficient (Wildman–Crippen LogP) is 2.17. The highest BCUT2D eigenvalue weighted by molar-refractivity contribution is 7.80. The van der Waals surface area contributed by atoms with E-state index in [2.05, 4.69) is 25.7 Å². The molecule has 1 fully saturated rings. The van der Waals surface area contributed by atoms with Gasteiger partial charge in [0, 0.05) is 25.0 Å². The molecule has 0 spiro atoms. The molecular weight excluding hydrogens is 192 g/mol. The molecule has 1 rings (SSSR count). The van der Waals surface area contributed by atoms with Crippen LogP contribution in [-0.4, -0.2) is 28.5 Å². The average Bonchev–Trinajstić information content (AvgIpc) is 2.41. The van der Waals surface area contributed by atoms with Crippen LogP contribution >= 0.6 is 12.2 Å². The lowest BCUT2D eigenvalue weighted by molar-refractivity contribution is 0.186. The molecule has 0 aliphatic carbocycles. The fraction of sp³-hybridized carbons (Fsp3) is 0.909. The molecule has 3 heteroatoms. The molecule has 1 saturated heterocycles. The van der Waals surface area contributed by atoms with E-state index in [0.29, 0.717) is 17.1 Å². The van der Waals surface area contributed by atoms with Gasteiger partial charge < -0.3 is 5.73 Å². The molecule has 3 unspecified atom stereocenters. The van der Waals surface area contributed by atoms with Gasteiger partial charge in [0.2, 0.25) is 0 Å². The third-order valence-corrected chi connectivity index (χ3v) is 3.38. The summed E-state index contributed by atoms with van der Waals surface area (Å²) in [5, 5.41) is 0. The smallest absolute Gasteiger partial charge is 0.0743 e. The average molecular weight is 214 g/mol. The van der Waals surface area contributed by atoms with Crippen LogP contribution in [0.25, 0.3) is 0 Å². The van der Waals surface area contributed by atoms with Gasteiger partial charge in [-0.2, -0.15) is 0 Å². The first-order valence-corrected chi connectivity index (χ1v) is 5.99. The van der Waals surface area contributed by atoms with E-state index in [1.54, 1.807) is 0 Å². The maximum atomic E-state index is 5.62. The maximum absolute atomic E-state index is 5.62. The Morgan fingerprint density at radius 1 is 1.57 bits per heavy atom. The van der Waals surface area contributed by atoms with Crippen molar-refractivity contribution in [2.75, 3.05) is 6.54 Å². The minimum Gasteiger partial charge on any atom is -0.393 e. The van der Waals surface area contributed by atoms with Crippen molar-refractivity contribution in [3.63, 3.8) is 0 Å². The van der Waals surface area contributed by atoms with Crippen molar-refractivity contribution in [3.05, 3.63) is 0 Å². The van der Waals surface area contributed by atoms with Crippen molar-refractivity contribution in [2.24, 2.45) is 11.7 Å². The van der Waals surface area contributed by atoms with E-state index in [1.807, 2.05) is 0 Å². The van der Waals surface area contributed by atoms with Crippen molar-refractivity contribution in [1.29, 1.82) is 0 Å². The second kappa shape index (κ2) is 5.08. The summed E-state index contributed by atoms with van der Waals surface area (Å²) in [5.74, 6) is 0.824. The summed E-state index contributed by atoms with van der Waals surface area (Å²) in [6.07, 6.45) is 3.34. The summed E-state index contributed by atoms with van der Waals surface area (Å²) in [6.45, 7) is 8.07. The Labute approximate surface area is 92.8 Å². The van der Waals surface area contributed by atoms with E-state index in [0.717, 1.165) is 18.8 Å². The highest BCUT2D eigenvalue weighted by Crippen LogP contribution is 2.26. The maximum Gasteiger partial charge on any atom is 0.0743 e. The van der Waals surface area contributed by atoms with Crippen LogP contribution in [-0.2, 0) is 0 Å². The Morgan fingerprint density at radius 2 is 2.21 bits per heavy atom. The Bertz CT molecular complexity index is 205. The number of rotatable bonds is 4. The zero-order valence-electron chi connectivity index (χ0n) is 9.49. The van der Waals surface area contributed by atoms with Crippen LogP contribution in [0.15, 0.2) is 0 Å². The molecule has 1 aliphatic heterocycles. The molecule has 0 bridgehead atoms. The molecular formula is C11H22N2S. The van der Waals surface area contributed by atoms with E-state index in [9.17, 15) is 0 Å². The van der Waals surface area contributed by atoms with Crippen LogP contribution in [0.4, 0.5) is 0 Å². The third kappa shape index (κ3) is 2.92. The van der Waals surface area contributed by atoms with Crippen LogP contribution < -0.4 is 5.73 Å². The molecule has 1 aliphatic rings. The molecule has 82 valence electrons. The fourth-order valence-corrected chi connectivity index (χ4v) is 2.76. The van der Waals surface area contributed by atoms with Gasteiger partial charge in [-0.25, -0.2) is 0 Å². The van der Waals surface area contributed by atoms with Gasteiger partial charge in [0.25, 0.3) is 0 Å². The highest BCUT2D eigenvalue weighted by Gasteiger charge is 2.30. The molecule has 2 nitrogen and oxygen atoms in total. The van der Waals surface area contributed by atoms with E-state index in [-0.39, 0.29) is 0 Å². The summed E-state index contributed by atoms with van der Waals surface area (Å²) in [7, 11) is 0. The minimum absolute atomic E-state index is 0.562. The zero-order valence-corrected chi connectivity index (χ0v) is 10.3. The molecule has 0 saturated carbocycles. The first-order valence-electron chi connectivity index (χ1n) is 5.58. The first-order chi connectivity index (χ1) is 6.54. The Balaban J connectivity index is 2.55. The zero-order chi connectivity index (χ0) is 10.7. The first kappa shape index (κ1) is 11.9. The number of hydrogen-bond donors (Lipinski definition) is 1. The summed E-state index contributed by atoms with van der Waals surface area (Å²) < 4.78 is 0. The monoisotopic (exact) mass is 214 g/mol. The van der Waals surface area contributed by atoms with E-state index >= 15 is 0 Å². The SMILES string of the molecule is CCC(CC(N)=S)N1CC(C)CC1C. The molecule has 0 amide bonds. The quantitative estimate of drug-likeness (QED) is 0.727. The van der Waals surface area contributed by atoms with Crippen LogP contribution in [0.1, 0.15) is 40.0 Å². The van der Waals surface area contributed by atoms with Crippen molar-refractivity contribution >= 4 is 17.2 Å². The fourth-order valence-electron chi connectivity index (χ4n) is 2.57. The largest absolute Gasteiger partial charge is 0.393 e. The molecule has 0 aromatic rings. The van der Waals surface area contributed by atoms with Gasteiger partial charge in [0.1, 0.15) is 0 Å². The summed E-state index contributed by atoms with van der Waals surface area (Å²) in [5.41, 5.74) is 5.62. The van der Waals surface area contributed by atoms with Crippen LogP contribution in [0.5, 0.6) is 0 Å². The van der Waals surface area contributed by atoms with Gasteiger partial charge in [0.15, 0.2) is 0 Å². The molecule has 0 radical (unpaired) electrons. The second-order valence-corrected chi connectivity index (χ2v) is 5.14. The van der Waals surface area contributed by atoms with Gasteiger partial charge in [-0.15, -0.1) is 0 Å². The van der Waals surface area contributed by atoms with Gasteiger partial charge in [-0.3, -0.25) is 4.90 Å². The lowest BCUT2D eigenvalue weighted by atomic mass is 10.1. The number of nitrogens with two attached hydrogens (primary N) is 1. The summed E-state index contributed by atoms with van der Waals surface area (Å²) in [6, 6.07) is 1.26. The molecule has 3 atom stereocenters. The summed E-state index contributed by atoms with van der Waals surface area (Å²) >= 11 is 4.99. The van der Waals surface area contributed by atoms with E-state index in [4.69, 9.17) is 18.0 Å². The number of likely N-dealkylation sites (tertiary alicyclic amines) is 1. The van der Waals surface area contributed by atoms with Crippen LogP contribution in [0.2, 0.25) is 0 Å². The highest BCUT2D eigenvalue weighted by atomic mass is 32.1. The Hall–Kier alpha value is -0.150. The number of hydrogen-bond acceptors (Lipinski definition) is 2. The molecule has 0 aromatic carbocycles. The normalized spacial score (nSPS) is 30.5. The standard InChI is InChI=1S/C11H22N2S/c1-4-10(6-11(12)14)13-7-8(2)5-9(13)3/h8-10H,4-7H2,1-3H3,(H2,12,14). The predicted molar refractivity (Wildman–Crippen MR) is 65.4 cm³/mol. The number of thiocarbonyl (C=S) groups is 1. The van der Waals surface area contributed by atoms with Crippen LogP contribution in [0.3, 0.4) is 0 Å². The Kier molecular flexibility index (Phi) is 4.32. The topological polar surface area (TPSA) is 29.3 Å². The summed E-state index contributed by atoms with van der Waals surface area (Å²) in [4.78, 5) is 3.23. The van der Waals surface area contributed by atoms with Crippen molar-refractivity contribution in [1.82, 2.24) is 4.90 Å². The van der Waals surface area contributed by atoms with Gasteiger partial charge in [0.05, 0.1) is 4.99 Å². The van der Waals surface area contributed by atoms with Crippen LogP contribution in [0, 0.1) is 5.92 Å². The van der Waals surface area contributed by atoms with E-state index in [1.165, 1.54) is 13.0 Å². The lowest BCUT2D eigenvalue weighted by Gasteiger charge is -2.30.